The summed E-state index contributed by atoms with van der Waals surface area (Å²) < 4.78 is 6.80. The molecule has 0 fully saturated rings. The molecule has 1 amide bonds. The highest BCUT2D eigenvalue weighted by atomic mass is 16.6. The third kappa shape index (κ3) is 3.02. The van der Waals surface area contributed by atoms with Gasteiger partial charge in [-0.2, -0.15) is 5.10 Å². The van der Waals surface area contributed by atoms with E-state index in [2.05, 4.69) is 10.4 Å². The average molecular weight is 326 g/mol. The third-order valence-electron chi connectivity index (χ3n) is 3.34. The van der Waals surface area contributed by atoms with Crippen LogP contribution in [-0.2, 0) is 0 Å². The Balaban J connectivity index is 1.90. The summed E-state index contributed by atoms with van der Waals surface area (Å²) in [5.41, 5.74) is 1.28. The number of aryl methyl sites for hydroxylation is 2. The maximum absolute atomic E-state index is 12.2. The number of rotatable bonds is 4. The zero-order chi connectivity index (χ0) is 17.3. The number of non-ortho nitro benzene ring substituents is 1. The van der Waals surface area contributed by atoms with Crippen LogP contribution in [0, 0.1) is 24.0 Å². The summed E-state index contributed by atoms with van der Waals surface area (Å²) in [4.78, 5) is 22.5. The van der Waals surface area contributed by atoms with Crippen LogP contribution in [0.3, 0.4) is 0 Å². The molecule has 3 aromatic rings. The lowest BCUT2D eigenvalue weighted by Crippen LogP contribution is -2.14. The first-order valence-electron chi connectivity index (χ1n) is 7.13. The van der Waals surface area contributed by atoms with Crippen molar-refractivity contribution in [2.24, 2.45) is 0 Å². The van der Waals surface area contributed by atoms with Crippen LogP contribution < -0.4 is 5.32 Å². The number of carbonyl (C=O) groups is 1. The van der Waals surface area contributed by atoms with Gasteiger partial charge in [-0.15, -0.1) is 0 Å². The number of nitrogens with zero attached hydrogens (tertiary/aromatic N) is 3. The van der Waals surface area contributed by atoms with Gasteiger partial charge in [0.15, 0.2) is 5.76 Å². The first-order chi connectivity index (χ1) is 11.4. The standard InChI is InChI=1S/C16H14N4O4/c1-10-9-15(17-16(21)14-8-3-11(2)24-14)19(18-10)12-4-6-13(7-5-12)20(22)23/h3-9H,1-2H3,(H,17,21). The molecule has 24 heavy (non-hydrogen) atoms. The molecule has 0 saturated carbocycles. The van der Waals surface area contributed by atoms with Crippen molar-refractivity contribution in [1.29, 1.82) is 0 Å². The summed E-state index contributed by atoms with van der Waals surface area (Å²) in [5, 5.41) is 17.8. The fraction of sp³-hybridized carbons (Fsp3) is 0.125. The molecule has 0 aliphatic carbocycles. The van der Waals surface area contributed by atoms with Crippen molar-refractivity contribution in [2.75, 3.05) is 5.32 Å². The summed E-state index contributed by atoms with van der Waals surface area (Å²) in [6.45, 7) is 3.54. The number of hydrogen-bond acceptors (Lipinski definition) is 5. The molecular formula is C16H14N4O4. The number of benzene rings is 1. The molecule has 0 spiro atoms. The van der Waals surface area contributed by atoms with E-state index in [0.717, 1.165) is 0 Å². The molecule has 1 N–H and O–H groups in total. The number of hydrogen-bond donors (Lipinski definition) is 1. The van der Waals surface area contributed by atoms with E-state index in [0.29, 0.717) is 23.0 Å². The Hall–Kier alpha value is -3.42. The second kappa shape index (κ2) is 5.99. The van der Waals surface area contributed by atoms with E-state index < -0.39 is 10.8 Å². The van der Waals surface area contributed by atoms with Crippen molar-refractivity contribution in [3.63, 3.8) is 0 Å². The number of furan rings is 1. The van der Waals surface area contributed by atoms with Crippen LogP contribution in [0.4, 0.5) is 11.5 Å². The topological polar surface area (TPSA) is 103 Å². The highest BCUT2D eigenvalue weighted by molar-refractivity contribution is 6.01. The van der Waals surface area contributed by atoms with Gasteiger partial charge in [-0.3, -0.25) is 14.9 Å². The van der Waals surface area contributed by atoms with Gasteiger partial charge in [-0.1, -0.05) is 0 Å². The number of aromatic nitrogens is 2. The molecule has 0 radical (unpaired) electrons. The quantitative estimate of drug-likeness (QED) is 0.585. The zero-order valence-corrected chi connectivity index (χ0v) is 13.0. The van der Waals surface area contributed by atoms with E-state index in [4.69, 9.17) is 4.42 Å². The minimum Gasteiger partial charge on any atom is -0.456 e. The van der Waals surface area contributed by atoms with Gasteiger partial charge in [0, 0.05) is 18.2 Å². The minimum atomic E-state index is -0.472. The molecule has 122 valence electrons. The number of amides is 1. The Kier molecular flexibility index (Phi) is 3.87. The number of nitrogens with one attached hydrogen (secondary N) is 1. The van der Waals surface area contributed by atoms with Gasteiger partial charge in [-0.25, -0.2) is 4.68 Å². The zero-order valence-electron chi connectivity index (χ0n) is 13.0. The van der Waals surface area contributed by atoms with Gasteiger partial charge >= 0.3 is 0 Å². The fourth-order valence-corrected chi connectivity index (χ4v) is 2.24. The second-order valence-corrected chi connectivity index (χ2v) is 5.22. The van der Waals surface area contributed by atoms with Gasteiger partial charge in [0.25, 0.3) is 11.6 Å². The number of anilines is 1. The third-order valence-corrected chi connectivity index (χ3v) is 3.34. The van der Waals surface area contributed by atoms with E-state index in [1.165, 1.54) is 16.8 Å². The SMILES string of the molecule is Cc1cc(NC(=O)c2ccc(C)o2)n(-c2ccc([N+](=O)[O-])cc2)n1. The summed E-state index contributed by atoms with van der Waals surface area (Å²) >= 11 is 0. The van der Waals surface area contributed by atoms with E-state index >= 15 is 0 Å². The fourth-order valence-electron chi connectivity index (χ4n) is 2.24. The normalized spacial score (nSPS) is 10.6. The summed E-state index contributed by atoms with van der Waals surface area (Å²) in [7, 11) is 0. The van der Waals surface area contributed by atoms with Gasteiger partial charge in [-0.05, 0) is 38.1 Å². The highest BCUT2D eigenvalue weighted by Crippen LogP contribution is 2.21. The molecule has 0 unspecified atom stereocenters. The Labute approximate surface area is 136 Å². The Bertz CT molecular complexity index is 909. The Morgan fingerprint density at radius 1 is 1.21 bits per heavy atom. The highest BCUT2D eigenvalue weighted by Gasteiger charge is 2.15. The number of nitro groups is 1. The lowest BCUT2D eigenvalue weighted by molar-refractivity contribution is -0.384. The van der Waals surface area contributed by atoms with Crippen LogP contribution in [-0.4, -0.2) is 20.6 Å². The van der Waals surface area contributed by atoms with Crippen LogP contribution in [0.1, 0.15) is 22.0 Å². The molecule has 0 aliphatic heterocycles. The monoisotopic (exact) mass is 326 g/mol. The van der Waals surface area contributed by atoms with Crippen molar-refractivity contribution >= 4 is 17.4 Å². The summed E-state index contributed by atoms with van der Waals surface area (Å²) in [6.07, 6.45) is 0. The van der Waals surface area contributed by atoms with Crippen LogP contribution in [0.2, 0.25) is 0 Å². The average Bonchev–Trinajstić information content (AvgIpc) is 3.13. The number of carbonyl (C=O) groups excluding carboxylic acids is 1. The molecule has 2 aromatic heterocycles. The summed E-state index contributed by atoms with van der Waals surface area (Å²) in [5.74, 6) is 0.883. The Morgan fingerprint density at radius 3 is 2.50 bits per heavy atom. The molecule has 0 bridgehead atoms. The second-order valence-electron chi connectivity index (χ2n) is 5.22. The van der Waals surface area contributed by atoms with Gasteiger partial charge < -0.3 is 9.73 Å². The van der Waals surface area contributed by atoms with E-state index in [9.17, 15) is 14.9 Å². The Morgan fingerprint density at radius 2 is 1.92 bits per heavy atom. The van der Waals surface area contributed by atoms with Crippen molar-refractivity contribution < 1.29 is 14.1 Å². The predicted octanol–water partition coefficient (Wildman–Crippen LogP) is 3.24. The molecular weight excluding hydrogens is 312 g/mol. The first kappa shape index (κ1) is 15.5. The molecule has 8 heteroatoms. The summed E-state index contributed by atoms with van der Waals surface area (Å²) in [6, 6.07) is 10.9. The predicted molar refractivity (Wildman–Crippen MR) is 86.4 cm³/mol. The van der Waals surface area contributed by atoms with Crippen molar-refractivity contribution in [3.05, 3.63) is 69.8 Å². The van der Waals surface area contributed by atoms with Crippen LogP contribution in [0.5, 0.6) is 0 Å². The van der Waals surface area contributed by atoms with Crippen LogP contribution in [0.15, 0.2) is 46.9 Å². The molecule has 0 saturated heterocycles. The maximum atomic E-state index is 12.2. The maximum Gasteiger partial charge on any atom is 0.292 e. The smallest absolute Gasteiger partial charge is 0.292 e. The molecule has 8 nitrogen and oxygen atoms in total. The van der Waals surface area contributed by atoms with E-state index in [-0.39, 0.29) is 11.4 Å². The molecule has 1 aromatic carbocycles. The van der Waals surface area contributed by atoms with E-state index in [1.807, 2.05) is 0 Å². The van der Waals surface area contributed by atoms with Crippen molar-refractivity contribution in [1.82, 2.24) is 9.78 Å². The number of nitro benzene ring substituents is 1. The lowest BCUT2D eigenvalue weighted by Gasteiger charge is -2.07. The largest absolute Gasteiger partial charge is 0.456 e. The lowest BCUT2D eigenvalue weighted by atomic mass is 10.3. The first-order valence-corrected chi connectivity index (χ1v) is 7.13. The van der Waals surface area contributed by atoms with E-state index in [1.54, 1.807) is 44.2 Å². The molecule has 0 atom stereocenters. The van der Waals surface area contributed by atoms with Crippen molar-refractivity contribution in [3.8, 4) is 5.69 Å². The van der Waals surface area contributed by atoms with Crippen LogP contribution >= 0.6 is 0 Å². The van der Waals surface area contributed by atoms with Gasteiger partial charge in [0.05, 0.1) is 16.3 Å². The van der Waals surface area contributed by atoms with Gasteiger partial charge in [0.2, 0.25) is 0 Å². The molecule has 2 heterocycles. The van der Waals surface area contributed by atoms with Crippen LogP contribution in [0.25, 0.3) is 5.69 Å². The van der Waals surface area contributed by atoms with Gasteiger partial charge in [0.1, 0.15) is 11.6 Å². The molecule has 0 aliphatic rings. The minimum absolute atomic E-state index is 0.0146. The molecule has 3 rings (SSSR count). The van der Waals surface area contributed by atoms with Crippen molar-refractivity contribution in [2.45, 2.75) is 13.8 Å².